The fourth-order valence-electron chi connectivity index (χ4n) is 3.47. The third-order valence-corrected chi connectivity index (χ3v) is 4.64. The van der Waals surface area contributed by atoms with Gasteiger partial charge in [0.1, 0.15) is 0 Å². The smallest absolute Gasteiger partial charge is 0.337 e. The molecule has 1 fully saturated rings. The predicted molar refractivity (Wildman–Crippen MR) is 76.9 cm³/mol. The van der Waals surface area contributed by atoms with Crippen LogP contribution in [-0.2, 0) is 17.8 Å². The molecule has 1 N–H and O–H groups in total. The Morgan fingerprint density at radius 3 is 2.67 bits per heavy atom. The van der Waals surface area contributed by atoms with Crippen molar-refractivity contribution < 1.29 is 14.7 Å². The lowest BCUT2D eigenvalue weighted by Crippen LogP contribution is -2.40. The molecule has 0 bridgehead atoms. The van der Waals surface area contributed by atoms with Crippen LogP contribution in [0.4, 0.5) is 0 Å². The lowest BCUT2D eigenvalue weighted by molar-refractivity contribution is -0.137. The van der Waals surface area contributed by atoms with Crippen molar-refractivity contribution in [1.29, 1.82) is 0 Å². The van der Waals surface area contributed by atoms with E-state index in [1.807, 2.05) is 4.90 Å². The highest BCUT2D eigenvalue weighted by Gasteiger charge is 2.29. The standard InChI is InChI=1S/C16H20N2O3/c19-15(11-4-2-1-3-5-11)18-7-6-13-12(10-18)8-17-9-14(13)16(20)21/h8-9,11H,1-7,10H2,(H,20,21). The van der Waals surface area contributed by atoms with E-state index in [0.717, 1.165) is 36.8 Å². The van der Waals surface area contributed by atoms with Gasteiger partial charge in [-0.2, -0.15) is 0 Å². The molecular formula is C16H20N2O3. The van der Waals surface area contributed by atoms with Crippen molar-refractivity contribution in [3.63, 3.8) is 0 Å². The Labute approximate surface area is 124 Å². The molecule has 112 valence electrons. The normalized spacial score (nSPS) is 19.1. The van der Waals surface area contributed by atoms with Crippen molar-refractivity contribution in [2.24, 2.45) is 5.92 Å². The topological polar surface area (TPSA) is 70.5 Å². The van der Waals surface area contributed by atoms with Gasteiger partial charge < -0.3 is 10.0 Å². The number of carboxylic acids is 1. The van der Waals surface area contributed by atoms with E-state index in [9.17, 15) is 14.7 Å². The molecule has 5 nitrogen and oxygen atoms in total. The maximum absolute atomic E-state index is 12.6. The lowest BCUT2D eigenvalue weighted by atomic mass is 9.87. The number of carbonyl (C=O) groups excluding carboxylic acids is 1. The fraction of sp³-hybridized carbons (Fsp3) is 0.562. The van der Waals surface area contributed by atoms with Crippen LogP contribution in [0.2, 0.25) is 0 Å². The number of fused-ring (bicyclic) bond motifs is 1. The van der Waals surface area contributed by atoms with Crippen molar-refractivity contribution >= 4 is 11.9 Å². The van der Waals surface area contributed by atoms with Crippen molar-refractivity contribution in [3.8, 4) is 0 Å². The summed E-state index contributed by atoms with van der Waals surface area (Å²) in [5, 5.41) is 9.20. The second-order valence-corrected chi connectivity index (χ2v) is 5.97. The summed E-state index contributed by atoms with van der Waals surface area (Å²) in [4.78, 5) is 29.7. The molecule has 1 aliphatic heterocycles. The average molecular weight is 288 g/mol. The Kier molecular flexibility index (Phi) is 3.90. The van der Waals surface area contributed by atoms with Crippen LogP contribution in [0.15, 0.2) is 12.4 Å². The third kappa shape index (κ3) is 2.77. The Bertz CT molecular complexity index is 565. The van der Waals surface area contributed by atoms with Crippen molar-refractivity contribution in [2.45, 2.75) is 45.1 Å². The molecule has 1 saturated carbocycles. The molecule has 0 radical (unpaired) electrons. The molecule has 1 aromatic heterocycles. The summed E-state index contributed by atoms with van der Waals surface area (Å²) in [6.45, 7) is 1.12. The lowest BCUT2D eigenvalue weighted by Gasteiger charge is -2.33. The first-order valence-corrected chi connectivity index (χ1v) is 7.64. The molecule has 2 aliphatic rings. The van der Waals surface area contributed by atoms with Gasteiger partial charge in [0.25, 0.3) is 0 Å². The van der Waals surface area contributed by atoms with Gasteiger partial charge in [-0.1, -0.05) is 19.3 Å². The number of pyridine rings is 1. The Balaban J connectivity index is 1.77. The summed E-state index contributed by atoms with van der Waals surface area (Å²) in [6.07, 6.45) is 9.22. The van der Waals surface area contributed by atoms with Gasteiger partial charge in [-0.05, 0) is 30.4 Å². The molecule has 0 aromatic carbocycles. The molecule has 5 heteroatoms. The number of aromatic carboxylic acids is 1. The number of rotatable bonds is 2. The van der Waals surface area contributed by atoms with E-state index in [1.165, 1.54) is 12.6 Å². The van der Waals surface area contributed by atoms with Crippen molar-refractivity contribution in [2.75, 3.05) is 6.54 Å². The van der Waals surface area contributed by atoms with Gasteiger partial charge in [-0.3, -0.25) is 9.78 Å². The number of carboxylic acid groups (broad SMARTS) is 1. The van der Waals surface area contributed by atoms with Gasteiger partial charge in [0.2, 0.25) is 5.91 Å². The van der Waals surface area contributed by atoms with E-state index in [0.29, 0.717) is 19.5 Å². The molecule has 3 rings (SSSR count). The zero-order chi connectivity index (χ0) is 14.8. The molecule has 1 aliphatic carbocycles. The first-order chi connectivity index (χ1) is 10.2. The van der Waals surface area contributed by atoms with Gasteiger partial charge >= 0.3 is 5.97 Å². The van der Waals surface area contributed by atoms with E-state index >= 15 is 0 Å². The third-order valence-electron chi connectivity index (χ3n) is 4.64. The molecule has 0 atom stereocenters. The molecule has 21 heavy (non-hydrogen) atoms. The number of aromatic nitrogens is 1. The molecule has 0 unspecified atom stereocenters. The Hall–Kier alpha value is -1.91. The van der Waals surface area contributed by atoms with Crippen molar-refractivity contribution in [1.82, 2.24) is 9.88 Å². The second-order valence-electron chi connectivity index (χ2n) is 5.97. The molecular weight excluding hydrogens is 268 g/mol. The molecule has 0 saturated heterocycles. The highest BCUT2D eigenvalue weighted by atomic mass is 16.4. The largest absolute Gasteiger partial charge is 0.478 e. The maximum Gasteiger partial charge on any atom is 0.337 e. The summed E-state index contributed by atoms with van der Waals surface area (Å²) in [7, 11) is 0. The van der Waals surface area contributed by atoms with Crippen LogP contribution in [0.1, 0.15) is 53.6 Å². The first-order valence-electron chi connectivity index (χ1n) is 7.64. The van der Waals surface area contributed by atoms with Crippen LogP contribution in [0.5, 0.6) is 0 Å². The van der Waals surface area contributed by atoms with Gasteiger partial charge in [0, 0.05) is 31.4 Å². The SMILES string of the molecule is O=C(O)c1cncc2c1CCN(C(=O)C1CCCCC1)C2. The zero-order valence-electron chi connectivity index (χ0n) is 12.0. The first kappa shape index (κ1) is 14.0. The average Bonchev–Trinajstić information content (AvgIpc) is 2.53. The van der Waals surface area contributed by atoms with E-state index in [4.69, 9.17) is 0 Å². The summed E-state index contributed by atoms with van der Waals surface area (Å²) >= 11 is 0. The van der Waals surface area contributed by atoms with Crippen LogP contribution in [0.25, 0.3) is 0 Å². The monoisotopic (exact) mass is 288 g/mol. The minimum atomic E-state index is -0.939. The highest BCUT2D eigenvalue weighted by Crippen LogP contribution is 2.28. The van der Waals surface area contributed by atoms with E-state index < -0.39 is 5.97 Å². The minimum Gasteiger partial charge on any atom is -0.478 e. The number of hydrogen-bond acceptors (Lipinski definition) is 3. The van der Waals surface area contributed by atoms with Crippen molar-refractivity contribution in [3.05, 3.63) is 29.1 Å². The van der Waals surface area contributed by atoms with E-state index in [2.05, 4.69) is 4.98 Å². The summed E-state index contributed by atoms with van der Waals surface area (Å²) in [5.74, 6) is -0.539. The zero-order valence-corrected chi connectivity index (χ0v) is 12.0. The van der Waals surface area contributed by atoms with Gasteiger partial charge in [0.15, 0.2) is 0 Å². The number of nitrogens with zero attached hydrogens (tertiary/aromatic N) is 2. The number of hydrogen-bond donors (Lipinski definition) is 1. The number of carbonyl (C=O) groups is 2. The highest BCUT2D eigenvalue weighted by molar-refractivity contribution is 5.89. The fourth-order valence-corrected chi connectivity index (χ4v) is 3.47. The summed E-state index contributed by atoms with van der Waals surface area (Å²) < 4.78 is 0. The van der Waals surface area contributed by atoms with Crippen LogP contribution >= 0.6 is 0 Å². The molecule has 0 spiro atoms. The quantitative estimate of drug-likeness (QED) is 0.906. The molecule has 2 heterocycles. The second kappa shape index (κ2) is 5.84. The van der Waals surface area contributed by atoms with Gasteiger partial charge in [0.05, 0.1) is 5.56 Å². The molecule has 1 amide bonds. The minimum absolute atomic E-state index is 0.163. The molecule has 1 aromatic rings. The van der Waals surface area contributed by atoms with Crippen LogP contribution < -0.4 is 0 Å². The van der Waals surface area contributed by atoms with E-state index in [1.54, 1.807) is 6.20 Å². The predicted octanol–water partition coefficient (Wildman–Crippen LogP) is 2.24. The number of amides is 1. The van der Waals surface area contributed by atoms with Crippen LogP contribution in [0, 0.1) is 5.92 Å². The Morgan fingerprint density at radius 2 is 1.95 bits per heavy atom. The summed E-state index contributed by atoms with van der Waals surface area (Å²) in [6, 6.07) is 0. The summed E-state index contributed by atoms with van der Waals surface area (Å²) in [5.41, 5.74) is 1.99. The van der Waals surface area contributed by atoms with Gasteiger partial charge in [-0.15, -0.1) is 0 Å². The Morgan fingerprint density at radius 1 is 1.19 bits per heavy atom. The van der Waals surface area contributed by atoms with E-state index in [-0.39, 0.29) is 17.4 Å². The van der Waals surface area contributed by atoms with Crippen LogP contribution in [-0.4, -0.2) is 33.4 Å². The van der Waals surface area contributed by atoms with Gasteiger partial charge in [-0.25, -0.2) is 4.79 Å². The maximum atomic E-state index is 12.6. The van der Waals surface area contributed by atoms with Crippen LogP contribution in [0.3, 0.4) is 0 Å².